The van der Waals surface area contributed by atoms with E-state index >= 15 is 0 Å². The highest BCUT2D eigenvalue weighted by Gasteiger charge is 2.07. The molecule has 0 saturated carbocycles. The van der Waals surface area contributed by atoms with Gasteiger partial charge >= 0.3 is 0 Å². The van der Waals surface area contributed by atoms with Crippen molar-refractivity contribution in [2.24, 2.45) is 0 Å². The van der Waals surface area contributed by atoms with Gasteiger partial charge in [-0.2, -0.15) is 0 Å². The molecule has 0 amide bonds. The van der Waals surface area contributed by atoms with Crippen LogP contribution in [0.2, 0.25) is 0 Å². The van der Waals surface area contributed by atoms with Crippen molar-refractivity contribution in [1.29, 1.82) is 0 Å². The van der Waals surface area contributed by atoms with Crippen LogP contribution in [0.25, 0.3) is 10.9 Å². The Kier molecular flexibility index (Phi) is 9.16. The molecule has 22 heavy (non-hydrogen) atoms. The number of para-hydroxylation sites is 1. The normalized spacial score (nSPS) is 11.0. The summed E-state index contributed by atoms with van der Waals surface area (Å²) in [6.45, 7) is 3.40. The summed E-state index contributed by atoms with van der Waals surface area (Å²) in [6.07, 6.45) is 5.78. The molecule has 124 valence electrons. The number of rotatable bonds is 10. The fourth-order valence-electron chi connectivity index (χ4n) is 2.69. The van der Waals surface area contributed by atoms with Gasteiger partial charge in [0.1, 0.15) is 0 Å². The van der Waals surface area contributed by atoms with E-state index in [0.29, 0.717) is 0 Å². The molecular weight excluding hydrogens is 300 g/mol. The number of benzene rings is 1. The average Bonchev–Trinajstić information content (AvgIpc) is 2.93. The van der Waals surface area contributed by atoms with Gasteiger partial charge in [0, 0.05) is 43.4 Å². The van der Waals surface area contributed by atoms with Crippen LogP contribution in [0.1, 0.15) is 24.8 Å². The molecule has 1 aromatic heterocycles. The summed E-state index contributed by atoms with van der Waals surface area (Å²) < 4.78 is 0. The van der Waals surface area contributed by atoms with E-state index in [1.807, 2.05) is 6.07 Å². The molecule has 1 aromatic carbocycles. The molecule has 2 rings (SSSR count). The van der Waals surface area contributed by atoms with E-state index in [-0.39, 0.29) is 25.6 Å². The third kappa shape index (κ3) is 5.61. The summed E-state index contributed by atoms with van der Waals surface area (Å²) >= 11 is 0. The van der Waals surface area contributed by atoms with Gasteiger partial charge in [0.2, 0.25) is 0 Å². The largest absolute Gasteiger partial charge is 0.396 e. The van der Waals surface area contributed by atoms with Crippen LogP contribution in [0.4, 0.5) is 0 Å². The van der Waals surface area contributed by atoms with Gasteiger partial charge in [-0.15, -0.1) is 12.4 Å². The molecule has 0 aliphatic rings. The Morgan fingerprint density at radius 1 is 0.909 bits per heavy atom. The quantitative estimate of drug-likeness (QED) is 0.588. The molecule has 0 aliphatic carbocycles. The number of fused-ring (bicyclic) bond motifs is 1. The van der Waals surface area contributed by atoms with Crippen LogP contribution in [-0.4, -0.2) is 52.9 Å². The van der Waals surface area contributed by atoms with E-state index in [1.165, 1.54) is 16.5 Å². The van der Waals surface area contributed by atoms with E-state index in [0.717, 1.165) is 45.3 Å². The summed E-state index contributed by atoms with van der Waals surface area (Å²) in [6, 6.07) is 8.38. The number of nitrogens with zero attached hydrogens (tertiary/aromatic N) is 1. The Morgan fingerprint density at radius 3 is 2.41 bits per heavy atom. The van der Waals surface area contributed by atoms with Crippen molar-refractivity contribution in [1.82, 2.24) is 9.88 Å². The zero-order valence-corrected chi connectivity index (χ0v) is 13.8. The van der Waals surface area contributed by atoms with Gasteiger partial charge in [0.05, 0.1) is 0 Å². The van der Waals surface area contributed by atoms with Crippen LogP contribution in [-0.2, 0) is 6.42 Å². The van der Waals surface area contributed by atoms with Gasteiger partial charge in [-0.1, -0.05) is 18.2 Å². The summed E-state index contributed by atoms with van der Waals surface area (Å²) in [4.78, 5) is 5.70. The molecule has 0 fully saturated rings. The molecule has 0 saturated heterocycles. The van der Waals surface area contributed by atoms with Crippen molar-refractivity contribution < 1.29 is 10.2 Å². The number of aliphatic hydroxyl groups is 2. The van der Waals surface area contributed by atoms with Crippen LogP contribution in [0.5, 0.6) is 0 Å². The van der Waals surface area contributed by atoms with Crippen molar-refractivity contribution >= 4 is 23.3 Å². The number of hydrogen-bond donors (Lipinski definition) is 3. The lowest BCUT2D eigenvalue weighted by atomic mass is 10.1. The first-order valence-electron chi connectivity index (χ1n) is 7.84. The van der Waals surface area contributed by atoms with Gasteiger partial charge in [-0.05, 0) is 43.9 Å². The summed E-state index contributed by atoms with van der Waals surface area (Å²) in [7, 11) is 0. The number of H-pyrrole nitrogens is 1. The van der Waals surface area contributed by atoms with Crippen LogP contribution in [0.3, 0.4) is 0 Å². The van der Waals surface area contributed by atoms with Crippen molar-refractivity contribution in [3.05, 3.63) is 36.0 Å². The van der Waals surface area contributed by atoms with Crippen molar-refractivity contribution in [3.63, 3.8) is 0 Å². The predicted octanol–water partition coefficient (Wildman–Crippen LogP) is 2.59. The number of unbranched alkanes of at least 4 members (excludes halogenated alkanes) is 1. The van der Waals surface area contributed by atoms with Gasteiger partial charge in [-0.25, -0.2) is 0 Å². The Morgan fingerprint density at radius 2 is 1.64 bits per heavy atom. The Labute approximate surface area is 138 Å². The highest BCUT2D eigenvalue weighted by atomic mass is 35.5. The minimum Gasteiger partial charge on any atom is -0.396 e. The first-order chi connectivity index (χ1) is 10.3. The van der Waals surface area contributed by atoms with E-state index in [4.69, 9.17) is 10.2 Å². The maximum atomic E-state index is 9.01. The molecular formula is C17H27ClN2O2. The first kappa shape index (κ1) is 19.0. The zero-order chi connectivity index (χ0) is 14.9. The second kappa shape index (κ2) is 10.6. The molecule has 0 unspecified atom stereocenters. The SMILES string of the molecule is Cl.OCCCCN(CCCO)CCc1c[nH]c2ccccc12. The maximum absolute atomic E-state index is 9.01. The Bertz CT molecular complexity index is 530. The van der Waals surface area contributed by atoms with Gasteiger partial charge in [0.25, 0.3) is 0 Å². The molecule has 0 radical (unpaired) electrons. The third-order valence-electron chi connectivity index (χ3n) is 3.89. The molecule has 0 bridgehead atoms. The lowest BCUT2D eigenvalue weighted by molar-refractivity contribution is 0.214. The van der Waals surface area contributed by atoms with Crippen molar-refractivity contribution in [3.8, 4) is 0 Å². The lowest BCUT2D eigenvalue weighted by Gasteiger charge is -2.21. The summed E-state index contributed by atoms with van der Waals surface area (Å²) in [5.74, 6) is 0. The first-order valence-corrected chi connectivity index (χ1v) is 7.84. The lowest BCUT2D eigenvalue weighted by Crippen LogP contribution is -2.29. The molecule has 4 nitrogen and oxygen atoms in total. The second-order valence-corrected chi connectivity index (χ2v) is 5.46. The monoisotopic (exact) mass is 326 g/mol. The molecule has 1 heterocycles. The highest BCUT2D eigenvalue weighted by Crippen LogP contribution is 2.18. The van der Waals surface area contributed by atoms with Crippen molar-refractivity contribution in [2.45, 2.75) is 25.7 Å². The number of halogens is 1. The minimum absolute atomic E-state index is 0. The standard InChI is InChI=1S/C17H26N2O2.ClH/c20-12-4-3-9-19(10-5-13-21)11-8-15-14-18-17-7-2-1-6-16(15)17;/h1-2,6-7,14,18,20-21H,3-5,8-13H2;1H. The number of nitrogens with one attached hydrogen (secondary N) is 1. The van der Waals surface area contributed by atoms with E-state index in [2.05, 4.69) is 34.3 Å². The Balaban J connectivity index is 0.00000242. The van der Waals surface area contributed by atoms with Gasteiger partial charge in [-0.3, -0.25) is 0 Å². The second-order valence-electron chi connectivity index (χ2n) is 5.46. The fraction of sp³-hybridized carbons (Fsp3) is 0.529. The molecule has 0 atom stereocenters. The van der Waals surface area contributed by atoms with E-state index in [9.17, 15) is 0 Å². The number of aromatic nitrogens is 1. The fourth-order valence-corrected chi connectivity index (χ4v) is 2.69. The molecule has 5 heteroatoms. The number of aliphatic hydroxyl groups excluding tert-OH is 2. The van der Waals surface area contributed by atoms with Crippen LogP contribution < -0.4 is 0 Å². The molecule has 3 N–H and O–H groups in total. The number of hydrogen-bond acceptors (Lipinski definition) is 3. The van der Waals surface area contributed by atoms with Crippen molar-refractivity contribution in [2.75, 3.05) is 32.8 Å². The summed E-state index contributed by atoms with van der Waals surface area (Å²) in [5, 5.41) is 19.2. The minimum atomic E-state index is 0. The molecule has 2 aromatic rings. The van der Waals surface area contributed by atoms with E-state index < -0.39 is 0 Å². The van der Waals surface area contributed by atoms with Gasteiger partial charge < -0.3 is 20.1 Å². The van der Waals surface area contributed by atoms with Gasteiger partial charge in [0.15, 0.2) is 0 Å². The molecule has 0 aliphatic heterocycles. The van der Waals surface area contributed by atoms with Crippen LogP contribution in [0, 0.1) is 0 Å². The number of aromatic amines is 1. The summed E-state index contributed by atoms with van der Waals surface area (Å²) in [5.41, 5.74) is 2.54. The molecule has 0 spiro atoms. The zero-order valence-electron chi connectivity index (χ0n) is 13.0. The topological polar surface area (TPSA) is 59.5 Å². The smallest absolute Gasteiger partial charge is 0.0456 e. The predicted molar refractivity (Wildman–Crippen MR) is 93.7 cm³/mol. The Hall–Kier alpha value is -1.07. The average molecular weight is 327 g/mol. The van der Waals surface area contributed by atoms with E-state index in [1.54, 1.807) is 0 Å². The van der Waals surface area contributed by atoms with Crippen LogP contribution >= 0.6 is 12.4 Å². The third-order valence-corrected chi connectivity index (χ3v) is 3.89. The maximum Gasteiger partial charge on any atom is 0.0456 e. The highest BCUT2D eigenvalue weighted by molar-refractivity contribution is 5.85. The van der Waals surface area contributed by atoms with Crippen LogP contribution in [0.15, 0.2) is 30.5 Å².